The molecule has 1 aliphatic heterocycles. The third-order valence-corrected chi connectivity index (χ3v) is 22.6. The predicted molar refractivity (Wildman–Crippen MR) is 460 cm³/mol. The van der Waals surface area contributed by atoms with E-state index < -0.39 is 23.9 Å². The Balaban J connectivity index is 0.580. The molecule has 3 atom stereocenters. The van der Waals surface area contributed by atoms with Crippen LogP contribution < -0.4 is 43.2 Å². The second kappa shape index (κ2) is 40.4. The number of aliphatic hydroxyl groups is 1. The first-order valence-corrected chi connectivity index (χ1v) is 41.9. The number of para-hydroxylation sites is 2. The first-order chi connectivity index (χ1) is 57.7. The molecular weight excluding hydrogens is 1530 g/mol. The van der Waals surface area contributed by atoms with Crippen molar-refractivity contribution in [2.24, 2.45) is 16.1 Å². The van der Waals surface area contributed by atoms with Crippen LogP contribution in [-0.2, 0) is 31.8 Å². The van der Waals surface area contributed by atoms with Crippen LogP contribution in [-0.4, -0.2) is 129 Å². The molecule has 608 valence electrons. The second-order valence-corrected chi connectivity index (χ2v) is 31.1. The summed E-state index contributed by atoms with van der Waals surface area (Å²) in [4.78, 5) is 78.4. The summed E-state index contributed by atoms with van der Waals surface area (Å²) >= 11 is 2.82. The van der Waals surface area contributed by atoms with Crippen LogP contribution in [0.3, 0.4) is 0 Å². The molecule has 3 heterocycles. The minimum atomic E-state index is -0.699. The van der Waals surface area contributed by atoms with Crippen LogP contribution >= 0.6 is 22.7 Å². The largest absolute Gasteiger partial charge is 0.493 e. The van der Waals surface area contributed by atoms with Gasteiger partial charge in [-0.2, -0.15) is 15.2 Å². The maximum atomic E-state index is 14.1. The number of hydrogen-bond acceptors (Lipinski definition) is 23. The molecule has 0 bridgehead atoms. The van der Waals surface area contributed by atoms with Crippen molar-refractivity contribution in [1.82, 2.24) is 9.97 Å². The lowest BCUT2D eigenvalue weighted by Gasteiger charge is -2.18. The average molecular weight is 1630 g/mol. The lowest BCUT2D eigenvalue weighted by atomic mass is 9.90. The second-order valence-electron chi connectivity index (χ2n) is 29.1. The van der Waals surface area contributed by atoms with Gasteiger partial charge < -0.3 is 52.5 Å². The zero-order valence-electron chi connectivity index (χ0n) is 66.5. The molecule has 0 radical (unpaired) electrons. The van der Waals surface area contributed by atoms with E-state index in [2.05, 4.69) is 0 Å². The third kappa shape index (κ3) is 21.7. The number of carbonyl (C=O) groups is 5. The number of thiazole rings is 2. The number of anilines is 2. The van der Waals surface area contributed by atoms with Gasteiger partial charge in [-0.25, -0.2) is 34.2 Å². The highest BCUT2D eigenvalue weighted by Gasteiger charge is 2.43. The molecule has 1 amide bonds. The quantitative estimate of drug-likeness (QED) is 0.00934. The third-order valence-electron chi connectivity index (χ3n) is 20.5. The lowest BCUT2D eigenvalue weighted by molar-refractivity contribution is -0.118. The van der Waals surface area contributed by atoms with Crippen molar-refractivity contribution in [2.75, 3.05) is 69.9 Å². The van der Waals surface area contributed by atoms with E-state index in [9.17, 15) is 29.1 Å². The van der Waals surface area contributed by atoms with E-state index in [1.807, 2.05) is 136 Å². The normalized spacial score (nSPS) is 14.4. The van der Waals surface area contributed by atoms with Crippen molar-refractivity contribution in [1.29, 1.82) is 0 Å². The molecule has 1 aliphatic carbocycles. The number of aromatic nitrogens is 2. The number of hydrazone groups is 2. The fourth-order valence-corrected chi connectivity index (χ4v) is 16.0. The van der Waals surface area contributed by atoms with E-state index in [-0.39, 0.29) is 65.2 Å². The van der Waals surface area contributed by atoms with Gasteiger partial charge in [-0.1, -0.05) is 103 Å². The molecule has 24 heteroatoms. The molecule has 0 spiro atoms. The highest BCUT2D eigenvalue weighted by atomic mass is 32.1. The summed E-state index contributed by atoms with van der Waals surface area (Å²) in [6.45, 7) is 9.59. The van der Waals surface area contributed by atoms with Gasteiger partial charge in [0.15, 0.2) is 11.5 Å². The number of nitrogens with zero attached hydrogens (tertiary/aromatic N) is 6. The van der Waals surface area contributed by atoms with Crippen molar-refractivity contribution in [2.45, 2.75) is 123 Å². The summed E-state index contributed by atoms with van der Waals surface area (Å²) in [6, 6.07) is 57.4. The molecule has 2 fully saturated rings. The SMILES string of the molecule is CCCC(=O)N(/N=C/c1c(OCCCCCCOCC)ccc2cc(C(=O)Oc3ccc(C(=O)Oc4ccc(CCCCc5ccc(OC(=O)c6ccc(OC(=O)c7ccc8cc(OCCCOCC9CCC%10OC%10C9)ccc8c7)c(OC)c6)c(/C=N/N(CCO)c6nc7ccccc7s6)c5)cc4C)cc3)ccc12)c1nc2ccccc2s1. The molecule has 118 heavy (non-hydrogen) atoms. The van der Waals surface area contributed by atoms with E-state index >= 15 is 0 Å². The molecule has 3 unspecified atom stereocenters. The lowest BCUT2D eigenvalue weighted by Crippen LogP contribution is -2.25. The number of amides is 1. The Kier molecular flexibility index (Phi) is 28.3. The number of esters is 4. The maximum absolute atomic E-state index is 14.1. The number of fused-ring (bicyclic) bond motifs is 5. The fraction of sp³-hybridized carbons (Fsp3) is 0.309. The number of ether oxygens (including phenoxy) is 10. The smallest absolute Gasteiger partial charge is 0.343 e. The van der Waals surface area contributed by atoms with Crippen molar-refractivity contribution in [3.63, 3.8) is 0 Å². The molecule has 14 rings (SSSR count). The number of aryl methyl sites for hydroxylation is 3. The van der Waals surface area contributed by atoms with Gasteiger partial charge in [-0.3, -0.25) is 4.79 Å². The molecule has 1 saturated heterocycles. The minimum absolute atomic E-state index is 0.107. The van der Waals surface area contributed by atoms with Crippen LogP contribution in [0.15, 0.2) is 204 Å². The van der Waals surface area contributed by atoms with Crippen molar-refractivity contribution in [3.8, 4) is 40.2 Å². The first kappa shape index (κ1) is 82.7. The van der Waals surface area contributed by atoms with Crippen LogP contribution in [0.5, 0.6) is 40.2 Å². The Bertz CT molecular complexity index is 5540. The number of rotatable bonds is 40. The molecular formula is C94H94N6O16S2. The number of methoxy groups -OCH3 is 1. The van der Waals surface area contributed by atoms with E-state index in [1.54, 1.807) is 78.1 Å². The minimum Gasteiger partial charge on any atom is -0.493 e. The molecule has 1 N–H and O–H groups in total. The summed E-state index contributed by atoms with van der Waals surface area (Å²) in [6.07, 6.45) is 16.1. The van der Waals surface area contributed by atoms with Gasteiger partial charge in [-0.15, -0.1) is 0 Å². The summed E-state index contributed by atoms with van der Waals surface area (Å²) in [5.41, 5.74) is 6.51. The number of benzene rings is 10. The Hall–Kier alpha value is -11.8. The number of carbonyl (C=O) groups excluding carboxylic acids is 5. The average Bonchev–Trinajstić information content (AvgIpc) is 1.43. The maximum Gasteiger partial charge on any atom is 0.343 e. The van der Waals surface area contributed by atoms with Crippen LogP contribution in [0.4, 0.5) is 10.3 Å². The summed E-state index contributed by atoms with van der Waals surface area (Å²) in [5.74, 6) is 0.289. The number of unbranched alkanes of at least 4 members (excludes halogenated alkanes) is 4. The van der Waals surface area contributed by atoms with Crippen molar-refractivity contribution in [3.05, 3.63) is 244 Å². The van der Waals surface area contributed by atoms with E-state index in [0.717, 1.165) is 148 Å². The topological polar surface area (TPSA) is 258 Å². The molecule has 1 saturated carbocycles. The summed E-state index contributed by atoms with van der Waals surface area (Å²) in [7, 11) is 1.42. The van der Waals surface area contributed by atoms with E-state index in [0.29, 0.717) is 95.8 Å². The van der Waals surface area contributed by atoms with E-state index in [4.69, 9.17) is 67.5 Å². The zero-order chi connectivity index (χ0) is 81.7. The van der Waals surface area contributed by atoms with Crippen LogP contribution in [0, 0.1) is 12.8 Å². The Labute approximate surface area is 692 Å². The van der Waals surface area contributed by atoms with Crippen molar-refractivity contribution < 1.29 is 76.4 Å². The highest BCUT2D eigenvalue weighted by Crippen LogP contribution is 2.40. The molecule has 2 aliphatic rings. The number of aliphatic hydroxyl groups excluding tert-OH is 1. The molecule has 10 aromatic carbocycles. The van der Waals surface area contributed by atoms with Gasteiger partial charge in [0.05, 0.1) is 101 Å². The summed E-state index contributed by atoms with van der Waals surface area (Å²) < 4.78 is 60.9. The Morgan fingerprint density at radius 3 is 1.86 bits per heavy atom. The predicted octanol–water partition coefficient (Wildman–Crippen LogP) is 19.3. The monoisotopic (exact) mass is 1630 g/mol. The van der Waals surface area contributed by atoms with Crippen LogP contribution in [0.2, 0.25) is 0 Å². The first-order valence-electron chi connectivity index (χ1n) is 40.3. The van der Waals surface area contributed by atoms with Gasteiger partial charge in [0, 0.05) is 50.4 Å². The van der Waals surface area contributed by atoms with Gasteiger partial charge in [0.25, 0.3) is 0 Å². The van der Waals surface area contributed by atoms with Gasteiger partial charge in [-0.05, 0) is 256 Å². The van der Waals surface area contributed by atoms with Crippen LogP contribution in [0.25, 0.3) is 42.0 Å². The van der Waals surface area contributed by atoms with Crippen molar-refractivity contribution >= 4 is 117 Å². The molecule has 22 nitrogen and oxygen atoms in total. The fourth-order valence-electron chi connectivity index (χ4n) is 14.2. The molecule has 12 aromatic rings. The highest BCUT2D eigenvalue weighted by molar-refractivity contribution is 7.22. The van der Waals surface area contributed by atoms with Gasteiger partial charge >= 0.3 is 23.9 Å². The van der Waals surface area contributed by atoms with E-state index in [1.165, 1.54) is 53.0 Å². The number of hydrogen-bond donors (Lipinski definition) is 1. The Morgan fingerprint density at radius 1 is 0.525 bits per heavy atom. The zero-order valence-corrected chi connectivity index (χ0v) is 68.1. The Morgan fingerprint density at radius 2 is 1.13 bits per heavy atom. The summed E-state index contributed by atoms with van der Waals surface area (Å²) in [5, 5.41) is 26.9. The number of epoxide rings is 1. The standard InChI is InChI=1S/C94H94N6O16S2/c1-5-18-88(102)100(94-98-78-22-12-14-24-87(78)118-94)96-59-76-75-39-33-70(55-68(75)34-43-81(76)111-49-16-8-7-15-47-108-6-2)90(104)112-73-36-30-65(31-37-73)89(103)114-79-40-25-62(51-61(79)3)19-9-10-20-63-26-41-80(72(52-63)58-95-99(45-46-101)93-97-77-21-11-13-23-86(77)117-93)115-92(106)71-35-44-82(84(57-71)107-4)116-91(105)69-29-28-67-56-74(38-32-66(67)54-69)110-50-17-48-109-60-64-27-42-83-85(53-64)113-83/h11-14,21-26,28-41,43-44,51-52,54-59,64,83,85,101H,5-10,15-20,27,42,45-50,53,60H2,1-4H3/b95-58+,96-59+. The van der Waals surface area contributed by atoms with Gasteiger partial charge in [0.2, 0.25) is 16.2 Å². The van der Waals surface area contributed by atoms with Crippen LogP contribution in [0.1, 0.15) is 160 Å². The molecule has 2 aromatic heterocycles. The van der Waals surface area contributed by atoms with Gasteiger partial charge in [0.1, 0.15) is 28.7 Å².